The fourth-order valence-electron chi connectivity index (χ4n) is 3.58. The Morgan fingerprint density at radius 1 is 1.13 bits per heavy atom. The Hall–Kier alpha value is -3.42. The van der Waals surface area contributed by atoms with E-state index in [1.165, 1.54) is 0 Å². The minimum Gasteiger partial charge on any atom is -0.493 e. The van der Waals surface area contributed by atoms with Gasteiger partial charge in [-0.1, -0.05) is 17.3 Å². The van der Waals surface area contributed by atoms with E-state index < -0.39 is 6.10 Å². The highest BCUT2D eigenvalue weighted by Gasteiger charge is 2.30. The topological polar surface area (TPSA) is 90.6 Å². The molecule has 1 aliphatic rings. The zero-order chi connectivity index (χ0) is 20.9. The van der Waals surface area contributed by atoms with Gasteiger partial charge in [-0.05, 0) is 44.0 Å². The Morgan fingerprint density at radius 2 is 1.83 bits per heavy atom. The van der Waals surface area contributed by atoms with Gasteiger partial charge in [-0.2, -0.15) is 4.98 Å². The summed E-state index contributed by atoms with van der Waals surface area (Å²) in [6, 6.07) is 11.0. The van der Waals surface area contributed by atoms with Crippen LogP contribution in [0.2, 0.25) is 0 Å². The maximum Gasteiger partial charge on any atom is 0.263 e. The summed E-state index contributed by atoms with van der Waals surface area (Å²) in [6.07, 6.45) is 4.35. The van der Waals surface area contributed by atoms with Gasteiger partial charge in [0.2, 0.25) is 0 Å². The van der Waals surface area contributed by atoms with Gasteiger partial charge >= 0.3 is 0 Å². The number of aromatic nitrogens is 3. The molecule has 8 heteroatoms. The molecular weight excluding hydrogens is 384 g/mol. The molecule has 1 saturated heterocycles. The summed E-state index contributed by atoms with van der Waals surface area (Å²) >= 11 is 0. The minimum absolute atomic E-state index is 0.0371. The number of ether oxygens (including phenoxy) is 2. The Bertz CT molecular complexity index is 984. The smallest absolute Gasteiger partial charge is 0.263 e. The molecule has 2 aromatic heterocycles. The van der Waals surface area contributed by atoms with Crippen molar-refractivity contribution in [2.24, 2.45) is 0 Å². The third-order valence-corrected chi connectivity index (χ3v) is 5.26. The molecule has 0 aliphatic carbocycles. The van der Waals surface area contributed by atoms with E-state index in [0.29, 0.717) is 36.3 Å². The SMILES string of the molecule is COc1ccccc1O[C@H](C)C(=O)N1CCC(c2noc(-c3ccncc3)n2)CC1. The maximum atomic E-state index is 12.8. The lowest BCUT2D eigenvalue weighted by atomic mass is 9.96. The van der Waals surface area contributed by atoms with E-state index in [1.807, 2.05) is 35.2 Å². The van der Waals surface area contributed by atoms with Crippen LogP contribution in [0.3, 0.4) is 0 Å². The number of pyridine rings is 1. The number of likely N-dealkylation sites (tertiary alicyclic amines) is 1. The number of piperidine rings is 1. The van der Waals surface area contributed by atoms with Gasteiger partial charge in [0.15, 0.2) is 23.4 Å². The number of benzene rings is 1. The van der Waals surface area contributed by atoms with Crippen LogP contribution in [0.4, 0.5) is 0 Å². The molecule has 3 heterocycles. The van der Waals surface area contributed by atoms with Gasteiger partial charge in [-0.25, -0.2) is 0 Å². The van der Waals surface area contributed by atoms with Gasteiger partial charge in [0.1, 0.15) is 0 Å². The average Bonchev–Trinajstić information content (AvgIpc) is 3.30. The average molecular weight is 408 g/mol. The standard InChI is InChI=1S/C22H24N4O4/c1-15(29-19-6-4-3-5-18(19)28-2)22(27)26-13-9-16(10-14-26)20-24-21(30-25-20)17-7-11-23-12-8-17/h3-8,11-12,15-16H,9-10,13-14H2,1-2H3/t15-/m1/s1. The minimum atomic E-state index is -0.596. The van der Waals surface area contributed by atoms with E-state index in [2.05, 4.69) is 15.1 Å². The number of methoxy groups -OCH3 is 1. The number of para-hydroxylation sites is 2. The summed E-state index contributed by atoms with van der Waals surface area (Å²) in [7, 11) is 1.58. The summed E-state index contributed by atoms with van der Waals surface area (Å²) in [5.41, 5.74) is 0.846. The van der Waals surface area contributed by atoms with Crippen LogP contribution in [-0.4, -0.2) is 52.2 Å². The van der Waals surface area contributed by atoms with Crippen molar-refractivity contribution in [2.75, 3.05) is 20.2 Å². The second kappa shape index (κ2) is 8.94. The summed E-state index contributed by atoms with van der Waals surface area (Å²) in [6.45, 7) is 3.02. The molecule has 0 N–H and O–H groups in total. The lowest BCUT2D eigenvalue weighted by Crippen LogP contribution is -2.44. The maximum absolute atomic E-state index is 12.8. The molecule has 0 saturated carbocycles. The lowest BCUT2D eigenvalue weighted by Gasteiger charge is -2.32. The Kier molecular flexibility index (Phi) is 5.92. The van der Waals surface area contributed by atoms with Crippen molar-refractivity contribution in [2.45, 2.75) is 31.8 Å². The third kappa shape index (κ3) is 4.27. The van der Waals surface area contributed by atoms with Crippen LogP contribution in [0.1, 0.15) is 31.5 Å². The molecule has 156 valence electrons. The summed E-state index contributed by atoms with van der Waals surface area (Å²) in [4.78, 5) is 23.2. The molecule has 1 aliphatic heterocycles. The molecule has 1 atom stereocenters. The van der Waals surface area contributed by atoms with E-state index >= 15 is 0 Å². The van der Waals surface area contributed by atoms with Crippen LogP contribution in [0.25, 0.3) is 11.5 Å². The van der Waals surface area contributed by atoms with Gasteiger partial charge < -0.3 is 18.9 Å². The number of carbonyl (C=O) groups is 1. The molecule has 3 aromatic rings. The predicted molar refractivity (Wildman–Crippen MR) is 109 cm³/mol. The summed E-state index contributed by atoms with van der Waals surface area (Å²) in [5, 5.41) is 4.15. The van der Waals surface area contributed by atoms with Crippen molar-refractivity contribution in [1.82, 2.24) is 20.0 Å². The number of carbonyl (C=O) groups excluding carboxylic acids is 1. The number of amides is 1. The quantitative estimate of drug-likeness (QED) is 0.618. The highest BCUT2D eigenvalue weighted by Crippen LogP contribution is 2.30. The summed E-state index contributed by atoms with van der Waals surface area (Å²) < 4.78 is 16.5. The predicted octanol–water partition coefficient (Wildman–Crippen LogP) is 3.31. The van der Waals surface area contributed by atoms with Gasteiger partial charge in [0.25, 0.3) is 11.8 Å². The van der Waals surface area contributed by atoms with E-state index in [4.69, 9.17) is 14.0 Å². The number of hydrogen-bond donors (Lipinski definition) is 0. The molecular formula is C22H24N4O4. The monoisotopic (exact) mass is 408 g/mol. The first-order chi connectivity index (χ1) is 14.7. The Balaban J connectivity index is 1.34. The summed E-state index contributed by atoms with van der Waals surface area (Å²) in [5.74, 6) is 2.48. The highest BCUT2D eigenvalue weighted by atomic mass is 16.5. The molecule has 0 bridgehead atoms. The van der Waals surface area contributed by atoms with E-state index in [9.17, 15) is 4.79 Å². The number of rotatable bonds is 6. The normalized spacial score (nSPS) is 15.6. The van der Waals surface area contributed by atoms with Crippen LogP contribution in [0, 0.1) is 0 Å². The molecule has 30 heavy (non-hydrogen) atoms. The van der Waals surface area contributed by atoms with Crippen molar-refractivity contribution in [1.29, 1.82) is 0 Å². The highest BCUT2D eigenvalue weighted by molar-refractivity contribution is 5.81. The molecule has 0 unspecified atom stereocenters. The lowest BCUT2D eigenvalue weighted by molar-refractivity contribution is -0.139. The first-order valence-electron chi connectivity index (χ1n) is 9.98. The molecule has 0 radical (unpaired) electrons. The van der Waals surface area contributed by atoms with Crippen molar-refractivity contribution >= 4 is 5.91 Å². The van der Waals surface area contributed by atoms with Crippen LogP contribution in [0.15, 0.2) is 53.3 Å². The molecule has 1 fully saturated rings. The first kappa shape index (κ1) is 19.9. The molecule has 0 spiro atoms. The Morgan fingerprint density at radius 3 is 2.53 bits per heavy atom. The largest absolute Gasteiger partial charge is 0.493 e. The fraction of sp³-hybridized carbons (Fsp3) is 0.364. The number of hydrogen-bond acceptors (Lipinski definition) is 7. The van der Waals surface area contributed by atoms with Crippen molar-refractivity contribution in [3.8, 4) is 23.0 Å². The van der Waals surface area contributed by atoms with Gasteiger partial charge in [-0.3, -0.25) is 9.78 Å². The molecule has 1 aromatic carbocycles. The van der Waals surface area contributed by atoms with Crippen LogP contribution >= 0.6 is 0 Å². The third-order valence-electron chi connectivity index (χ3n) is 5.26. The molecule has 8 nitrogen and oxygen atoms in total. The van der Waals surface area contributed by atoms with Gasteiger partial charge in [0.05, 0.1) is 7.11 Å². The number of nitrogens with zero attached hydrogens (tertiary/aromatic N) is 4. The van der Waals surface area contributed by atoms with E-state index in [0.717, 1.165) is 18.4 Å². The van der Waals surface area contributed by atoms with Crippen LogP contribution in [0.5, 0.6) is 11.5 Å². The Labute approximate surface area is 174 Å². The van der Waals surface area contributed by atoms with Crippen molar-refractivity contribution < 1.29 is 18.8 Å². The fourth-order valence-corrected chi connectivity index (χ4v) is 3.58. The van der Waals surface area contributed by atoms with Crippen molar-refractivity contribution in [3.63, 3.8) is 0 Å². The zero-order valence-corrected chi connectivity index (χ0v) is 17.0. The van der Waals surface area contributed by atoms with E-state index in [1.54, 1.807) is 32.5 Å². The zero-order valence-electron chi connectivity index (χ0n) is 17.0. The van der Waals surface area contributed by atoms with Gasteiger partial charge in [0, 0.05) is 37.0 Å². The van der Waals surface area contributed by atoms with E-state index in [-0.39, 0.29) is 11.8 Å². The first-order valence-corrected chi connectivity index (χ1v) is 9.98. The molecule has 1 amide bonds. The van der Waals surface area contributed by atoms with Crippen LogP contribution in [-0.2, 0) is 4.79 Å². The second-order valence-corrected chi connectivity index (χ2v) is 7.20. The molecule has 4 rings (SSSR count). The second-order valence-electron chi connectivity index (χ2n) is 7.20. The van der Waals surface area contributed by atoms with Gasteiger partial charge in [-0.15, -0.1) is 0 Å². The van der Waals surface area contributed by atoms with Crippen LogP contribution < -0.4 is 9.47 Å². The van der Waals surface area contributed by atoms with Crippen molar-refractivity contribution in [3.05, 3.63) is 54.6 Å².